The van der Waals surface area contributed by atoms with Crippen LogP contribution in [0.25, 0.3) is 0 Å². The summed E-state index contributed by atoms with van der Waals surface area (Å²) in [6.07, 6.45) is 5.27. The Hall–Kier alpha value is -0.940. The molecule has 104 valence electrons. The zero-order valence-electron chi connectivity index (χ0n) is 11.1. The molecule has 0 heterocycles. The Morgan fingerprint density at radius 2 is 2.16 bits per heavy atom. The van der Waals surface area contributed by atoms with Crippen molar-refractivity contribution < 1.29 is 4.92 Å². The van der Waals surface area contributed by atoms with Crippen molar-refractivity contribution in [3.8, 4) is 0 Å². The molecule has 1 fully saturated rings. The Kier molecular flexibility index (Phi) is 4.93. The van der Waals surface area contributed by atoms with Crippen LogP contribution in [0.2, 0.25) is 0 Å². The smallest absolute Gasteiger partial charge is 0.283 e. The van der Waals surface area contributed by atoms with Gasteiger partial charge in [0.1, 0.15) is 0 Å². The third-order valence-electron chi connectivity index (χ3n) is 3.94. The van der Waals surface area contributed by atoms with Crippen molar-refractivity contribution in [3.63, 3.8) is 0 Å². The number of benzene rings is 1. The molecule has 1 aliphatic carbocycles. The van der Waals surface area contributed by atoms with E-state index in [1.807, 2.05) is 6.07 Å². The fraction of sp³-hybridized carbons (Fsp3) is 0.571. The van der Waals surface area contributed by atoms with Gasteiger partial charge in [0.15, 0.2) is 0 Å². The number of rotatable bonds is 5. The van der Waals surface area contributed by atoms with Gasteiger partial charge < -0.3 is 5.32 Å². The van der Waals surface area contributed by atoms with Gasteiger partial charge in [-0.1, -0.05) is 18.9 Å². The number of nitro groups is 1. The van der Waals surface area contributed by atoms with Gasteiger partial charge >= 0.3 is 0 Å². The van der Waals surface area contributed by atoms with Crippen molar-refractivity contribution in [1.29, 1.82) is 0 Å². The van der Waals surface area contributed by atoms with Crippen LogP contribution in [0.4, 0.5) is 5.69 Å². The summed E-state index contributed by atoms with van der Waals surface area (Å²) in [5.41, 5.74) is 1.09. The first kappa shape index (κ1) is 14.5. The second-order valence-corrected chi connectivity index (χ2v) is 6.11. The molecule has 1 saturated carbocycles. The van der Waals surface area contributed by atoms with Crippen LogP contribution in [-0.2, 0) is 6.54 Å². The van der Waals surface area contributed by atoms with Crippen LogP contribution in [-0.4, -0.2) is 11.0 Å². The lowest BCUT2D eigenvalue weighted by molar-refractivity contribution is -0.385. The number of hydrogen-bond donors (Lipinski definition) is 1. The highest BCUT2D eigenvalue weighted by molar-refractivity contribution is 9.10. The van der Waals surface area contributed by atoms with Gasteiger partial charge in [-0.3, -0.25) is 10.1 Å². The first-order valence-corrected chi connectivity index (χ1v) is 7.53. The van der Waals surface area contributed by atoms with E-state index in [9.17, 15) is 10.1 Å². The summed E-state index contributed by atoms with van der Waals surface area (Å²) in [6.45, 7) is 2.90. The molecule has 1 N–H and O–H groups in total. The first-order chi connectivity index (χ1) is 9.08. The molecule has 1 atom stereocenters. The van der Waals surface area contributed by atoms with Crippen LogP contribution in [0.3, 0.4) is 0 Å². The standard InChI is InChI=1S/C14H19BrN2O2/c1-10(12-4-2-3-5-12)16-9-11-6-7-13(15)14(8-11)17(18)19/h6-8,10,12,16H,2-5,9H2,1H3. The fourth-order valence-corrected chi connectivity index (χ4v) is 3.10. The molecule has 0 amide bonds. The zero-order valence-corrected chi connectivity index (χ0v) is 12.6. The number of nitrogens with zero attached hydrogens (tertiary/aromatic N) is 1. The molecule has 5 heteroatoms. The van der Waals surface area contributed by atoms with E-state index < -0.39 is 0 Å². The van der Waals surface area contributed by atoms with Gasteiger partial charge in [0.2, 0.25) is 0 Å². The summed E-state index contributed by atoms with van der Waals surface area (Å²) in [5, 5.41) is 14.4. The van der Waals surface area contributed by atoms with Crippen molar-refractivity contribution >= 4 is 21.6 Å². The van der Waals surface area contributed by atoms with Crippen LogP contribution in [0, 0.1) is 16.0 Å². The van der Waals surface area contributed by atoms with Gasteiger partial charge in [-0.15, -0.1) is 0 Å². The summed E-state index contributed by atoms with van der Waals surface area (Å²) in [6, 6.07) is 5.78. The van der Waals surface area contributed by atoms with E-state index in [2.05, 4.69) is 28.2 Å². The molecule has 2 rings (SSSR count). The molecule has 19 heavy (non-hydrogen) atoms. The summed E-state index contributed by atoms with van der Waals surface area (Å²) >= 11 is 3.20. The molecule has 0 aromatic heterocycles. The molecule has 4 nitrogen and oxygen atoms in total. The van der Waals surface area contributed by atoms with E-state index in [4.69, 9.17) is 0 Å². The van der Waals surface area contributed by atoms with Crippen LogP contribution in [0.15, 0.2) is 22.7 Å². The number of nitrogens with one attached hydrogen (secondary N) is 1. The monoisotopic (exact) mass is 326 g/mol. The quantitative estimate of drug-likeness (QED) is 0.656. The Balaban J connectivity index is 1.95. The molecule has 0 spiro atoms. The highest BCUT2D eigenvalue weighted by Gasteiger charge is 2.21. The molecule has 1 unspecified atom stereocenters. The van der Waals surface area contributed by atoms with Crippen LogP contribution >= 0.6 is 15.9 Å². The van der Waals surface area contributed by atoms with Crippen LogP contribution < -0.4 is 5.32 Å². The lowest BCUT2D eigenvalue weighted by Crippen LogP contribution is -2.31. The summed E-state index contributed by atoms with van der Waals surface area (Å²) in [5.74, 6) is 0.755. The minimum atomic E-state index is -0.353. The summed E-state index contributed by atoms with van der Waals surface area (Å²) < 4.78 is 0.532. The van der Waals surface area contributed by atoms with Crippen LogP contribution in [0.1, 0.15) is 38.2 Å². The Labute approximate surface area is 121 Å². The molecule has 1 aliphatic rings. The largest absolute Gasteiger partial charge is 0.310 e. The number of hydrogen-bond acceptors (Lipinski definition) is 3. The molecular weight excluding hydrogens is 308 g/mol. The van der Waals surface area contributed by atoms with E-state index in [1.54, 1.807) is 12.1 Å². The van der Waals surface area contributed by atoms with E-state index >= 15 is 0 Å². The lowest BCUT2D eigenvalue weighted by atomic mass is 9.99. The van der Waals surface area contributed by atoms with Crippen molar-refractivity contribution in [2.75, 3.05) is 0 Å². The Morgan fingerprint density at radius 3 is 2.79 bits per heavy atom. The van der Waals surface area contributed by atoms with Gasteiger partial charge in [0.05, 0.1) is 9.40 Å². The van der Waals surface area contributed by atoms with Gasteiger partial charge in [0, 0.05) is 18.7 Å². The highest BCUT2D eigenvalue weighted by Crippen LogP contribution is 2.28. The number of nitro benzene ring substituents is 1. The van der Waals surface area contributed by atoms with Gasteiger partial charge in [-0.25, -0.2) is 0 Å². The maximum atomic E-state index is 10.9. The van der Waals surface area contributed by atoms with Crippen molar-refractivity contribution in [1.82, 2.24) is 5.32 Å². The zero-order chi connectivity index (χ0) is 13.8. The van der Waals surface area contributed by atoms with E-state index in [0.29, 0.717) is 17.1 Å². The topological polar surface area (TPSA) is 55.2 Å². The fourth-order valence-electron chi connectivity index (χ4n) is 2.71. The highest BCUT2D eigenvalue weighted by atomic mass is 79.9. The van der Waals surface area contributed by atoms with E-state index in [1.165, 1.54) is 25.7 Å². The molecular formula is C14H19BrN2O2. The third-order valence-corrected chi connectivity index (χ3v) is 4.61. The van der Waals surface area contributed by atoms with Crippen molar-refractivity contribution in [2.24, 2.45) is 5.92 Å². The maximum absolute atomic E-state index is 10.9. The van der Waals surface area contributed by atoms with Crippen molar-refractivity contribution in [3.05, 3.63) is 38.3 Å². The Morgan fingerprint density at radius 1 is 1.47 bits per heavy atom. The Bertz CT molecular complexity index is 459. The summed E-state index contributed by atoms with van der Waals surface area (Å²) in [7, 11) is 0. The van der Waals surface area contributed by atoms with E-state index in [-0.39, 0.29) is 10.6 Å². The van der Waals surface area contributed by atoms with Crippen LogP contribution in [0.5, 0.6) is 0 Å². The minimum Gasteiger partial charge on any atom is -0.310 e. The first-order valence-electron chi connectivity index (χ1n) is 6.74. The second-order valence-electron chi connectivity index (χ2n) is 5.26. The van der Waals surface area contributed by atoms with Crippen molar-refractivity contribution in [2.45, 2.75) is 45.2 Å². The minimum absolute atomic E-state index is 0.132. The third kappa shape index (κ3) is 3.76. The molecule has 0 aliphatic heterocycles. The summed E-state index contributed by atoms with van der Waals surface area (Å²) in [4.78, 5) is 10.5. The molecule has 0 radical (unpaired) electrons. The SMILES string of the molecule is CC(NCc1ccc(Br)c([N+](=O)[O-])c1)C1CCCC1. The van der Waals surface area contributed by atoms with Gasteiger partial charge in [-0.2, -0.15) is 0 Å². The predicted molar refractivity (Wildman–Crippen MR) is 79.1 cm³/mol. The number of halogens is 1. The average Bonchev–Trinajstić information content (AvgIpc) is 2.91. The maximum Gasteiger partial charge on any atom is 0.283 e. The lowest BCUT2D eigenvalue weighted by Gasteiger charge is -2.20. The van der Waals surface area contributed by atoms with Gasteiger partial charge in [-0.05, 0) is 53.2 Å². The van der Waals surface area contributed by atoms with E-state index in [0.717, 1.165) is 11.5 Å². The molecule has 0 saturated heterocycles. The average molecular weight is 327 g/mol. The predicted octanol–water partition coefficient (Wildman–Crippen LogP) is 4.03. The second kappa shape index (κ2) is 6.48. The normalized spacial score (nSPS) is 17.6. The molecule has 0 bridgehead atoms. The molecule has 1 aromatic rings. The van der Waals surface area contributed by atoms with Gasteiger partial charge in [0.25, 0.3) is 5.69 Å². The molecule has 1 aromatic carbocycles.